The highest BCUT2D eigenvalue weighted by atomic mass is 16.3. The summed E-state index contributed by atoms with van der Waals surface area (Å²) in [6, 6.07) is -0.0506. The molecule has 2 N–H and O–H groups in total. The Morgan fingerprint density at radius 2 is 2.06 bits per heavy atom. The van der Waals surface area contributed by atoms with Gasteiger partial charge in [0.2, 0.25) is 5.91 Å². The lowest BCUT2D eigenvalue weighted by Gasteiger charge is -2.20. The van der Waals surface area contributed by atoms with Gasteiger partial charge in [-0.25, -0.2) is 4.79 Å². The van der Waals surface area contributed by atoms with E-state index in [2.05, 4.69) is 5.32 Å². The molecule has 0 radical (unpaired) electrons. The number of hydrogen-bond acceptors (Lipinski definition) is 3. The lowest BCUT2D eigenvalue weighted by atomic mass is 10.1. The van der Waals surface area contributed by atoms with Gasteiger partial charge in [-0.1, -0.05) is 0 Å². The molecule has 16 heavy (non-hydrogen) atoms. The first kappa shape index (κ1) is 11.2. The molecule has 2 rings (SSSR count). The number of carbonyl (C=O) groups is 2. The van der Waals surface area contributed by atoms with E-state index in [4.69, 9.17) is 5.11 Å². The number of urea groups is 1. The molecule has 2 aliphatic rings. The molecule has 0 saturated carbocycles. The van der Waals surface area contributed by atoms with Crippen molar-refractivity contribution >= 4 is 11.9 Å². The molecule has 0 aromatic heterocycles. The van der Waals surface area contributed by atoms with Crippen molar-refractivity contribution in [2.75, 3.05) is 39.3 Å². The summed E-state index contributed by atoms with van der Waals surface area (Å²) in [5.74, 6) is 0.151. The number of likely N-dealkylation sites (tertiary alicyclic amines) is 1. The molecule has 0 aliphatic carbocycles. The molecule has 2 heterocycles. The summed E-state index contributed by atoms with van der Waals surface area (Å²) in [6.45, 7) is 3.23. The minimum absolute atomic E-state index is 0.0506. The number of nitrogens with one attached hydrogen (secondary N) is 1. The van der Waals surface area contributed by atoms with Crippen molar-refractivity contribution in [1.82, 2.24) is 15.1 Å². The van der Waals surface area contributed by atoms with E-state index < -0.39 is 0 Å². The second-order valence-corrected chi connectivity index (χ2v) is 4.31. The van der Waals surface area contributed by atoms with Crippen molar-refractivity contribution in [3.8, 4) is 0 Å². The fourth-order valence-electron chi connectivity index (χ4n) is 2.16. The highest BCUT2D eigenvalue weighted by molar-refractivity contribution is 5.79. The summed E-state index contributed by atoms with van der Waals surface area (Å²) in [7, 11) is 0. The third kappa shape index (κ3) is 2.27. The zero-order valence-electron chi connectivity index (χ0n) is 9.19. The van der Waals surface area contributed by atoms with Crippen molar-refractivity contribution in [3.05, 3.63) is 0 Å². The van der Waals surface area contributed by atoms with Gasteiger partial charge < -0.3 is 20.2 Å². The van der Waals surface area contributed by atoms with Crippen LogP contribution in [0.15, 0.2) is 0 Å². The molecule has 90 valence electrons. The largest absolute Gasteiger partial charge is 0.396 e. The lowest BCUT2D eigenvalue weighted by molar-refractivity contribution is -0.127. The Kier molecular flexibility index (Phi) is 3.28. The summed E-state index contributed by atoms with van der Waals surface area (Å²) in [5.41, 5.74) is 0. The molecule has 6 nitrogen and oxygen atoms in total. The summed E-state index contributed by atoms with van der Waals surface area (Å²) in [5, 5.41) is 11.7. The normalized spacial score (nSPS) is 25.4. The number of carbonyl (C=O) groups excluding carboxylic acids is 2. The van der Waals surface area contributed by atoms with Crippen molar-refractivity contribution < 1.29 is 14.7 Å². The molecule has 1 unspecified atom stereocenters. The van der Waals surface area contributed by atoms with Gasteiger partial charge >= 0.3 is 6.03 Å². The van der Waals surface area contributed by atoms with E-state index in [1.165, 1.54) is 0 Å². The van der Waals surface area contributed by atoms with Crippen molar-refractivity contribution in [3.63, 3.8) is 0 Å². The second-order valence-electron chi connectivity index (χ2n) is 4.31. The van der Waals surface area contributed by atoms with Crippen molar-refractivity contribution in [1.29, 1.82) is 0 Å². The van der Waals surface area contributed by atoms with E-state index in [1.54, 1.807) is 9.80 Å². The van der Waals surface area contributed by atoms with E-state index in [0.717, 1.165) is 0 Å². The average molecular weight is 227 g/mol. The minimum Gasteiger partial charge on any atom is -0.396 e. The minimum atomic E-state index is -0.0506. The van der Waals surface area contributed by atoms with Crippen LogP contribution in [0.4, 0.5) is 4.79 Å². The number of aliphatic hydroxyl groups excluding tert-OH is 1. The standard InChI is InChI=1S/C10H17N3O3/c14-7-8-5-9(15)13(6-8)4-3-12-2-1-11-10(12)16/h8,14H,1-7H2,(H,11,16). The van der Waals surface area contributed by atoms with Gasteiger partial charge in [-0.15, -0.1) is 0 Å². The molecular formula is C10H17N3O3. The molecule has 3 amide bonds. The van der Waals surface area contributed by atoms with Gasteiger partial charge in [-0.3, -0.25) is 4.79 Å². The van der Waals surface area contributed by atoms with Crippen LogP contribution in [0, 0.1) is 5.92 Å². The highest BCUT2D eigenvalue weighted by Gasteiger charge is 2.29. The van der Waals surface area contributed by atoms with Gasteiger partial charge in [0.1, 0.15) is 0 Å². The van der Waals surface area contributed by atoms with Gasteiger partial charge in [0.25, 0.3) is 0 Å². The molecule has 0 bridgehead atoms. The van der Waals surface area contributed by atoms with Crippen LogP contribution in [0.5, 0.6) is 0 Å². The Labute approximate surface area is 94.2 Å². The number of nitrogens with zero attached hydrogens (tertiary/aromatic N) is 2. The maximum Gasteiger partial charge on any atom is 0.317 e. The molecule has 0 spiro atoms. The summed E-state index contributed by atoms with van der Waals surface area (Å²) in [6.07, 6.45) is 0.433. The summed E-state index contributed by atoms with van der Waals surface area (Å²) < 4.78 is 0. The zero-order chi connectivity index (χ0) is 11.5. The third-order valence-corrected chi connectivity index (χ3v) is 3.14. The van der Waals surface area contributed by atoms with Crippen LogP contribution in [-0.4, -0.2) is 66.2 Å². The predicted molar refractivity (Wildman–Crippen MR) is 56.7 cm³/mol. The smallest absolute Gasteiger partial charge is 0.317 e. The first-order chi connectivity index (χ1) is 7.70. The number of rotatable bonds is 4. The molecule has 2 aliphatic heterocycles. The van der Waals surface area contributed by atoms with Crippen LogP contribution in [0.1, 0.15) is 6.42 Å². The lowest BCUT2D eigenvalue weighted by Crippen LogP contribution is -2.37. The van der Waals surface area contributed by atoms with Crippen LogP contribution in [0.2, 0.25) is 0 Å². The zero-order valence-corrected chi connectivity index (χ0v) is 9.19. The average Bonchev–Trinajstić information content (AvgIpc) is 2.82. The van der Waals surface area contributed by atoms with Crippen LogP contribution in [-0.2, 0) is 4.79 Å². The first-order valence-electron chi connectivity index (χ1n) is 5.62. The van der Waals surface area contributed by atoms with Crippen LogP contribution >= 0.6 is 0 Å². The van der Waals surface area contributed by atoms with E-state index in [9.17, 15) is 9.59 Å². The molecule has 1 atom stereocenters. The number of amides is 3. The fourth-order valence-corrected chi connectivity index (χ4v) is 2.16. The predicted octanol–water partition coefficient (Wildman–Crippen LogP) is -1.15. The SMILES string of the molecule is O=C1CC(CO)CN1CCN1CCNC1=O. The van der Waals surface area contributed by atoms with Gasteiger partial charge in [0.15, 0.2) is 0 Å². The van der Waals surface area contributed by atoms with E-state index in [1.807, 2.05) is 0 Å². The van der Waals surface area contributed by atoms with E-state index in [0.29, 0.717) is 39.1 Å². The Morgan fingerprint density at radius 3 is 2.62 bits per heavy atom. The maximum atomic E-state index is 11.5. The maximum absolute atomic E-state index is 11.5. The Balaban J connectivity index is 1.77. The highest BCUT2D eigenvalue weighted by Crippen LogP contribution is 2.16. The monoisotopic (exact) mass is 227 g/mol. The van der Waals surface area contributed by atoms with Crippen molar-refractivity contribution in [2.24, 2.45) is 5.92 Å². The van der Waals surface area contributed by atoms with E-state index >= 15 is 0 Å². The molecule has 2 saturated heterocycles. The quantitative estimate of drug-likeness (QED) is 0.637. The van der Waals surface area contributed by atoms with E-state index in [-0.39, 0.29) is 24.5 Å². The van der Waals surface area contributed by atoms with Crippen molar-refractivity contribution in [2.45, 2.75) is 6.42 Å². The summed E-state index contributed by atoms with van der Waals surface area (Å²) >= 11 is 0. The number of hydrogen-bond donors (Lipinski definition) is 2. The fraction of sp³-hybridized carbons (Fsp3) is 0.800. The Hall–Kier alpha value is -1.30. The number of aliphatic hydroxyl groups is 1. The van der Waals surface area contributed by atoms with Gasteiger partial charge in [0, 0.05) is 51.7 Å². The summed E-state index contributed by atoms with van der Waals surface area (Å²) in [4.78, 5) is 26.2. The van der Waals surface area contributed by atoms with Crippen LogP contribution < -0.4 is 5.32 Å². The van der Waals surface area contributed by atoms with Crippen LogP contribution in [0.25, 0.3) is 0 Å². The van der Waals surface area contributed by atoms with Crippen LogP contribution in [0.3, 0.4) is 0 Å². The first-order valence-corrected chi connectivity index (χ1v) is 5.62. The van der Waals surface area contributed by atoms with Gasteiger partial charge in [-0.05, 0) is 0 Å². The molecule has 6 heteroatoms. The molecular weight excluding hydrogens is 210 g/mol. The topological polar surface area (TPSA) is 72.9 Å². The molecule has 0 aromatic rings. The Morgan fingerprint density at radius 1 is 1.31 bits per heavy atom. The molecule has 0 aromatic carbocycles. The second kappa shape index (κ2) is 4.69. The third-order valence-electron chi connectivity index (χ3n) is 3.14. The Bertz CT molecular complexity index is 295. The van der Waals surface area contributed by atoms with Gasteiger partial charge in [-0.2, -0.15) is 0 Å². The molecule has 2 fully saturated rings. The van der Waals surface area contributed by atoms with Gasteiger partial charge in [0.05, 0.1) is 0 Å².